The first-order chi connectivity index (χ1) is 15.5. The number of hydrogen-bond acceptors (Lipinski definition) is 6. The molecule has 0 aliphatic rings. The summed E-state index contributed by atoms with van der Waals surface area (Å²) in [7, 11) is 1.56. The Labute approximate surface area is 186 Å². The number of furan rings is 1. The lowest BCUT2D eigenvalue weighted by Gasteiger charge is -2.08. The Morgan fingerprint density at radius 1 is 1.28 bits per heavy atom. The molecule has 10 heteroatoms. The molecule has 0 saturated carbocycles. The molecule has 0 saturated heterocycles. The highest BCUT2D eigenvalue weighted by Crippen LogP contribution is 2.34. The zero-order valence-corrected chi connectivity index (χ0v) is 17.8. The van der Waals surface area contributed by atoms with Crippen LogP contribution in [0.3, 0.4) is 0 Å². The van der Waals surface area contributed by atoms with Crippen molar-refractivity contribution in [3.05, 3.63) is 66.8 Å². The minimum atomic E-state index is -0.847. The van der Waals surface area contributed by atoms with Crippen LogP contribution in [0.25, 0.3) is 22.6 Å². The number of nitrogens with one attached hydrogen (secondary N) is 1. The number of halogens is 2. The predicted molar refractivity (Wildman–Crippen MR) is 118 cm³/mol. The van der Waals surface area contributed by atoms with Gasteiger partial charge in [-0.2, -0.15) is 0 Å². The number of benzene rings is 2. The summed E-state index contributed by atoms with van der Waals surface area (Å²) in [6.07, 6.45) is 1.67. The van der Waals surface area contributed by atoms with Crippen LogP contribution in [0.2, 0.25) is 0 Å². The molecular formula is C22H18F2N4O3S. The van der Waals surface area contributed by atoms with Gasteiger partial charge in [-0.1, -0.05) is 30.0 Å². The fraction of sp³-hybridized carbons (Fsp3) is 0.136. The molecule has 4 aromatic rings. The van der Waals surface area contributed by atoms with Gasteiger partial charge in [-0.25, -0.2) is 8.78 Å². The SMILES string of the molecule is C=CCn1c(SCC(=O)Nc2ccc(F)cc2F)nnc1-c1cc2cccc(OC)c2o1. The van der Waals surface area contributed by atoms with Crippen molar-refractivity contribution in [1.29, 1.82) is 0 Å². The minimum Gasteiger partial charge on any atom is -0.493 e. The molecule has 1 amide bonds. The Morgan fingerprint density at radius 2 is 2.12 bits per heavy atom. The molecule has 2 aromatic heterocycles. The lowest BCUT2D eigenvalue weighted by Crippen LogP contribution is -2.15. The van der Waals surface area contributed by atoms with E-state index in [1.807, 2.05) is 18.2 Å². The highest BCUT2D eigenvalue weighted by atomic mass is 32.2. The maximum absolute atomic E-state index is 13.8. The van der Waals surface area contributed by atoms with Crippen LogP contribution in [0, 0.1) is 11.6 Å². The zero-order chi connectivity index (χ0) is 22.7. The lowest BCUT2D eigenvalue weighted by atomic mass is 10.2. The lowest BCUT2D eigenvalue weighted by molar-refractivity contribution is -0.113. The Balaban J connectivity index is 1.54. The normalized spacial score (nSPS) is 11.0. The predicted octanol–water partition coefficient (Wildman–Crippen LogP) is 4.89. The molecule has 2 aromatic carbocycles. The summed E-state index contributed by atoms with van der Waals surface area (Å²) in [5.41, 5.74) is 0.495. The smallest absolute Gasteiger partial charge is 0.234 e. The van der Waals surface area contributed by atoms with Crippen molar-refractivity contribution >= 4 is 34.3 Å². The molecule has 0 aliphatic heterocycles. The molecule has 0 aliphatic carbocycles. The third kappa shape index (κ3) is 4.35. The number of ether oxygens (including phenoxy) is 1. The van der Waals surface area contributed by atoms with E-state index in [1.165, 1.54) is 6.07 Å². The number of methoxy groups -OCH3 is 1. The average Bonchev–Trinajstić information content (AvgIpc) is 3.38. The van der Waals surface area contributed by atoms with Gasteiger partial charge < -0.3 is 14.5 Å². The van der Waals surface area contributed by atoms with Gasteiger partial charge in [0, 0.05) is 18.0 Å². The van der Waals surface area contributed by atoms with Gasteiger partial charge in [-0.3, -0.25) is 9.36 Å². The van der Waals surface area contributed by atoms with Gasteiger partial charge in [0.25, 0.3) is 0 Å². The number of para-hydroxylation sites is 1. The second kappa shape index (κ2) is 9.23. The first kappa shape index (κ1) is 21.6. The summed E-state index contributed by atoms with van der Waals surface area (Å²) in [6.45, 7) is 4.14. The van der Waals surface area contributed by atoms with Gasteiger partial charge in [-0.15, -0.1) is 16.8 Å². The molecule has 0 radical (unpaired) electrons. The molecule has 2 heterocycles. The highest BCUT2D eigenvalue weighted by Gasteiger charge is 2.19. The summed E-state index contributed by atoms with van der Waals surface area (Å²) in [4.78, 5) is 12.3. The monoisotopic (exact) mass is 456 g/mol. The van der Waals surface area contributed by atoms with Crippen molar-refractivity contribution in [1.82, 2.24) is 14.8 Å². The van der Waals surface area contributed by atoms with E-state index in [4.69, 9.17) is 9.15 Å². The Bertz CT molecular complexity index is 1300. The molecule has 164 valence electrons. The molecule has 0 spiro atoms. The Kier molecular flexibility index (Phi) is 6.22. The third-order valence-corrected chi connectivity index (χ3v) is 5.48. The van der Waals surface area contributed by atoms with Gasteiger partial charge in [0.05, 0.1) is 18.6 Å². The number of amides is 1. The van der Waals surface area contributed by atoms with E-state index in [2.05, 4.69) is 22.1 Å². The van der Waals surface area contributed by atoms with Gasteiger partial charge in [-0.05, 0) is 24.3 Å². The largest absolute Gasteiger partial charge is 0.493 e. The number of carbonyl (C=O) groups is 1. The Hall–Kier alpha value is -3.66. The van der Waals surface area contributed by atoms with E-state index >= 15 is 0 Å². The fourth-order valence-electron chi connectivity index (χ4n) is 3.09. The highest BCUT2D eigenvalue weighted by molar-refractivity contribution is 7.99. The van der Waals surface area contributed by atoms with Crippen molar-refractivity contribution in [2.75, 3.05) is 18.2 Å². The van der Waals surface area contributed by atoms with Crippen LogP contribution in [-0.4, -0.2) is 33.5 Å². The van der Waals surface area contributed by atoms with E-state index in [-0.39, 0.29) is 11.4 Å². The number of carbonyl (C=O) groups excluding carboxylic acids is 1. The standard InChI is InChI=1S/C22H18F2N4O3S/c1-3-9-28-21(18-10-13-5-4-6-17(30-2)20(13)31-18)26-27-22(28)32-12-19(29)25-16-8-7-14(23)11-15(16)24/h3-8,10-11H,1,9,12H2,2H3,(H,25,29). The molecule has 1 N–H and O–H groups in total. The zero-order valence-electron chi connectivity index (χ0n) is 17.0. The van der Waals surface area contributed by atoms with Gasteiger partial charge >= 0.3 is 0 Å². The number of thioether (sulfide) groups is 1. The van der Waals surface area contributed by atoms with Crippen molar-refractivity contribution in [3.63, 3.8) is 0 Å². The summed E-state index contributed by atoms with van der Waals surface area (Å²) >= 11 is 1.12. The number of hydrogen-bond donors (Lipinski definition) is 1. The van der Waals surface area contributed by atoms with Crippen molar-refractivity contribution in [3.8, 4) is 17.3 Å². The Morgan fingerprint density at radius 3 is 2.88 bits per heavy atom. The fourth-order valence-corrected chi connectivity index (χ4v) is 3.83. The van der Waals surface area contributed by atoms with Crippen molar-refractivity contribution < 1.29 is 22.7 Å². The van der Waals surface area contributed by atoms with Crippen LogP contribution in [0.1, 0.15) is 0 Å². The second-order valence-electron chi connectivity index (χ2n) is 6.66. The van der Waals surface area contributed by atoms with E-state index in [0.29, 0.717) is 40.7 Å². The molecule has 0 fully saturated rings. The van der Waals surface area contributed by atoms with E-state index in [0.717, 1.165) is 23.2 Å². The first-order valence-electron chi connectivity index (χ1n) is 9.49. The maximum atomic E-state index is 13.8. The van der Waals surface area contributed by atoms with E-state index in [1.54, 1.807) is 23.8 Å². The van der Waals surface area contributed by atoms with Gasteiger partial charge in [0.15, 0.2) is 22.2 Å². The van der Waals surface area contributed by atoms with Crippen LogP contribution < -0.4 is 10.1 Å². The number of nitrogens with zero attached hydrogens (tertiary/aromatic N) is 3. The summed E-state index contributed by atoms with van der Waals surface area (Å²) < 4.78 is 39.8. The topological polar surface area (TPSA) is 82.2 Å². The van der Waals surface area contributed by atoms with Crippen molar-refractivity contribution in [2.24, 2.45) is 0 Å². The molecule has 4 rings (SSSR count). The van der Waals surface area contributed by atoms with Crippen LogP contribution in [0.15, 0.2) is 64.7 Å². The van der Waals surface area contributed by atoms with Crippen LogP contribution in [0.4, 0.5) is 14.5 Å². The maximum Gasteiger partial charge on any atom is 0.234 e. The summed E-state index contributed by atoms with van der Waals surface area (Å²) in [6, 6.07) is 10.3. The van der Waals surface area contributed by atoms with Crippen molar-refractivity contribution in [2.45, 2.75) is 11.7 Å². The third-order valence-electron chi connectivity index (χ3n) is 4.51. The van der Waals surface area contributed by atoms with Crippen LogP contribution in [-0.2, 0) is 11.3 Å². The molecule has 7 nitrogen and oxygen atoms in total. The number of anilines is 1. The average molecular weight is 456 g/mol. The van der Waals surface area contributed by atoms with E-state index in [9.17, 15) is 13.6 Å². The van der Waals surface area contributed by atoms with Gasteiger partial charge in [0.2, 0.25) is 11.7 Å². The second-order valence-corrected chi connectivity index (χ2v) is 7.60. The number of fused-ring (bicyclic) bond motifs is 1. The first-order valence-corrected chi connectivity index (χ1v) is 10.5. The molecular weight excluding hydrogens is 438 g/mol. The number of allylic oxidation sites excluding steroid dienone is 1. The minimum absolute atomic E-state index is 0.0555. The molecule has 0 unspecified atom stereocenters. The van der Waals surface area contributed by atoms with Crippen LogP contribution >= 0.6 is 11.8 Å². The number of rotatable bonds is 8. The van der Waals surface area contributed by atoms with Gasteiger partial charge in [0.1, 0.15) is 11.6 Å². The number of aromatic nitrogens is 3. The summed E-state index contributed by atoms with van der Waals surface area (Å²) in [5.74, 6) is -0.533. The molecule has 32 heavy (non-hydrogen) atoms. The summed E-state index contributed by atoms with van der Waals surface area (Å²) in [5, 5.41) is 12.1. The molecule has 0 atom stereocenters. The quantitative estimate of drug-likeness (QED) is 0.300. The van der Waals surface area contributed by atoms with E-state index < -0.39 is 17.5 Å². The molecule has 0 bridgehead atoms. The van der Waals surface area contributed by atoms with Crippen LogP contribution in [0.5, 0.6) is 5.75 Å².